The first-order valence-corrected chi connectivity index (χ1v) is 13.8. The summed E-state index contributed by atoms with van der Waals surface area (Å²) in [6.07, 6.45) is 3.88. The second kappa shape index (κ2) is 9.83. The smallest absolute Gasteiger partial charge is 0.232 e. The van der Waals surface area contributed by atoms with Crippen LogP contribution in [0.1, 0.15) is 29.7 Å². The van der Waals surface area contributed by atoms with Crippen LogP contribution in [-0.2, 0) is 11.0 Å². The highest BCUT2D eigenvalue weighted by Gasteiger charge is 2.53. The van der Waals surface area contributed by atoms with E-state index in [2.05, 4.69) is 14.9 Å². The number of halogens is 3. The van der Waals surface area contributed by atoms with Crippen molar-refractivity contribution in [2.24, 2.45) is 5.41 Å². The SMILES string of the molecule is CC(Oc1ccc(N)c(C(=N)c2ccc(N3CC4(C3)CN(S(C)=O)C4)nc2)c1)c1c(Cl)cnc(F)c1Cl. The van der Waals surface area contributed by atoms with Crippen LogP contribution in [0.3, 0.4) is 0 Å². The number of pyridine rings is 2. The molecule has 2 fully saturated rings. The lowest BCUT2D eigenvalue weighted by atomic mass is 9.74. The first-order valence-electron chi connectivity index (χ1n) is 11.5. The maximum absolute atomic E-state index is 13.9. The number of nitrogen functional groups attached to an aromatic ring is 1. The summed E-state index contributed by atoms with van der Waals surface area (Å²) in [7, 11) is -0.913. The molecular formula is C25H25Cl2FN6O2S. The van der Waals surface area contributed by atoms with Gasteiger partial charge in [-0.15, -0.1) is 0 Å². The Morgan fingerprint density at radius 3 is 2.57 bits per heavy atom. The maximum atomic E-state index is 13.9. The van der Waals surface area contributed by atoms with Crippen molar-refractivity contribution in [1.29, 1.82) is 5.41 Å². The van der Waals surface area contributed by atoms with Crippen molar-refractivity contribution in [2.75, 3.05) is 43.1 Å². The molecule has 3 aromatic rings. The van der Waals surface area contributed by atoms with Gasteiger partial charge in [-0.05, 0) is 37.3 Å². The minimum Gasteiger partial charge on any atom is -0.486 e. The Bertz CT molecular complexity index is 1390. The molecule has 2 aromatic heterocycles. The highest BCUT2D eigenvalue weighted by Crippen LogP contribution is 2.42. The molecule has 4 heterocycles. The molecule has 2 saturated heterocycles. The third-order valence-corrected chi connectivity index (χ3v) is 8.43. The largest absolute Gasteiger partial charge is 0.486 e. The fourth-order valence-corrected chi connectivity index (χ4v) is 6.36. The molecule has 0 aliphatic carbocycles. The summed E-state index contributed by atoms with van der Waals surface area (Å²) in [6, 6.07) is 8.71. The van der Waals surface area contributed by atoms with Crippen molar-refractivity contribution in [3.63, 3.8) is 0 Å². The summed E-state index contributed by atoms with van der Waals surface area (Å²) < 4.78 is 33.4. The van der Waals surface area contributed by atoms with Gasteiger partial charge in [0.2, 0.25) is 5.95 Å². The van der Waals surface area contributed by atoms with Gasteiger partial charge in [-0.1, -0.05) is 23.2 Å². The number of benzene rings is 1. The van der Waals surface area contributed by atoms with E-state index in [1.165, 1.54) is 6.20 Å². The van der Waals surface area contributed by atoms with E-state index in [-0.39, 0.29) is 26.7 Å². The van der Waals surface area contributed by atoms with Crippen molar-refractivity contribution < 1.29 is 13.3 Å². The van der Waals surface area contributed by atoms with E-state index in [4.69, 9.17) is 39.1 Å². The molecule has 194 valence electrons. The lowest BCUT2D eigenvalue weighted by molar-refractivity contribution is 0.0434. The van der Waals surface area contributed by atoms with E-state index in [1.54, 1.807) is 37.6 Å². The first-order chi connectivity index (χ1) is 17.6. The maximum Gasteiger partial charge on any atom is 0.232 e. The summed E-state index contributed by atoms with van der Waals surface area (Å²) in [5.41, 5.74) is 8.36. The molecule has 5 rings (SSSR count). The van der Waals surface area contributed by atoms with Gasteiger partial charge in [-0.2, -0.15) is 4.39 Å². The minimum absolute atomic E-state index is 0.191. The topological polar surface area (TPSA) is 108 Å². The van der Waals surface area contributed by atoms with Gasteiger partial charge in [0.25, 0.3) is 0 Å². The second-order valence-electron chi connectivity index (χ2n) is 9.49. The normalized spacial score (nSPS) is 18.1. The van der Waals surface area contributed by atoms with Crippen LogP contribution in [-0.4, -0.2) is 56.6 Å². The minimum atomic E-state index is -0.913. The van der Waals surface area contributed by atoms with Crippen LogP contribution < -0.4 is 15.4 Å². The summed E-state index contributed by atoms with van der Waals surface area (Å²) in [6.45, 7) is 5.15. The van der Waals surface area contributed by atoms with Crippen LogP contribution in [0.15, 0.2) is 42.7 Å². The van der Waals surface area contributed by atoms with Gasteiger partial charge < -0.3 is 15.4 Å². The third-order valence-electron chi connectivity index (χ3n) is 6.78. The van der Waals surface area contributed by atoms with Crippen molar-refractivity contribution in [3.8, 4) is 5.75 Å². The molecule has 2 aliphatic heterocycles. The number of nitrogens with zero attached hydrogens (tertiary/aromatic N) is 4. The van der Waals surface area contributed by atoms with Crippen LogP contribution in [0.5, 0.6) is 5.75 Å². The number of rotatable bonds is 7. The summed E-state index contributed by atoms with van der Waals surface area (Å²) >= 11 is 12.2. The van der Waals surface area contributed by atoms with Gasteiger partial charge in [-0.3, -0.25) is 5.41 Å². The van der Waals surface area contributed by atoms with Crippen LogP contribution in [0.25, 0.3) is 0 Å². The van der Waals surface area contributed by atoms with Gasteiger partial charge in [0.15, 0.2) is 0 Å². The van der Waals surface area contributed by atoms with Crippen molar-refractivity contribution in [1.82, 2.24) is 14.3 Å². The van der Waals surface area contributed by atoms with E-state index in [9.17, 15) is 8.60 Å². The zero-order valence-electron chi connectivity index (χ0n) is 20.2. The van der Waals surface area contributed by atoms with E-state index in [0.717, 1.165) is 32.0 Å². The van der Waals surface area contributed by atoms with Gasteiger partial charge in [0.05, 0.1) is 21.7 Å². The molecule has 1 spiro atoms. The molecule has 0 radical (unpaired) electrons. The van der Waals surface area contributed by atoms with Crippen molar-refractivity contribution in [2.45, 2.75) is 13.0 Å². The number of ether oxygens (including phenoxy) is 1. The van der Waals surface area contributed by atoms with Gasteiger partial charge in [-0.25, -0.2) is 18.5 Å². The lowest BCUT2D eigenvalue weighted by Crippen LogP contribution is -2.72. The second-order valence-corrected chi connectivity index (χ2v) is 11.6. The highest BCUT2D eigenvalue weighted by molar-refractivity contribution is 7.81. The Labute approximate surface area is 226 Å². The Balaban J connectivity index is 1.27. The van der Waals surface area contributed by atoms with Crippen molar-refractivity contribution in [3.05, 3.63) is 75.4 Å². The molecule has 2 aliphatic rings. The summed E-state index contributed by atoms with van der Waals surface area (Å²) in [5.74, 6) is 0.437. The number of nitrogens with one attached hydrogen (secondary N) is 1. The first kappa shape index (κ1) is 25.8. The zero-order valence-corrected chi connectivity index (χ0v) is 22.5. The number of nitrogens with two attached hydrogens (primary N) is 1. The van der Waals surface area contributed by atoms with Crippen LogP contribution in [0.4, 0.5) is 15.9 Å². The third kappa shape index (κ3) is 4.90. The predicted molar refractivity (Wildman–Crippen MR) is 145 cm³/mol. The van der Waals surface area contributed by atoms with Gasteiger partial charge in [0, 0.05) is 72.6 Å². The number of anilines is 2. The highest BCUT2D eigenvalue weighted by atomic mass is 35.5. The Morgan fingerprint density at radius 1 is 1.19 bits per heavy atom. The molecule has 3 N–H and O–H groups in total. The average molecular weight is 563 g/mol. The molecule has 1 aromatic carbocycles. The van der Waals surface area contributed by atoms with Crippen LogP contribution >= 0.6 is 23.2 Å². The number of hydrogen-bond donors (Lipinski definition) is 2. The predicted octanol–water partition coefficient (Wildman–Crippen LogP) is 4.48. The quantitative estimate of drug-likeness (QED) is 0.250. The molecule has 0 bridgehead atoms. The Hall–Kier alpha value is -2.79. The summed E-state index contributed by atoms with van der Waals surface area (Å²) in [5, 5.41) is 8.72. The van der Waals surface area contributed by atoms with E-state index < -0.39 is 23.0 Å². The average Bonchev–Trinajstić information content (AvgIpc) is 2.81. The molecule has 12 heteroatoms. The summed E-state index contributed by atoms with van der Waals surface area (Å²) in [4.78, 5) is 10.3. The molecule has 0 amide bonds. The Morgan fingerprint density at radius 2 is 1.92 bits per heavy atom. The van der Waals surface area contributed by atoms with Gasteiger partial charge in [0.1, 0.15) is 22.7 Å². The van der Waals surface area contributed by atoms with Crippen LogP contribution in [0, 0.1) is 16.8 Å². The number of hydrogen-bond acceptors (Lipinski definition) is 7. The molecule has 2 unspecified atom stereocenters. The molecule has 2 atom stereocenters. The molecule has 37 heavy (non-hydrogen) atoms. The monoisotopic (exact) mass is 562 g/mol. The van der Waals surface area contributed by atoms with E-state index in [0.29, 0.717) is 22.6 Å². The molecule has 0 saturated carbocycles. The lowest BCUT2D eigenvalue weighted by Gasteiger charge is -2.59. The van der Waals surface area contributed by atoms with Crippen molar-refractivity contribution >= 4 is 51.4 Å². The van der Waals surface area contributed by atoms with Crippen LogP contribution in [0.2, 0.25) is 10.0 Å². The standard InChI is InChI=1S/C25H25Cl2FN6O2S/c1-14(21-18(26)9-32-24(28)22(21)27)36-16-4-5-19(29)17(7-16)23(30)15-3-6-20(31-8-15)33-10-25(11-33)12-34(13-25)37(2)35/h3-9,14,30H,10-13,29H2,1-2H3. The fourth-order valence-electron chi connectivity index (χ4n) is 4.80. The van der Waals surface area contributed by atoms with E-state index in [1.807, 2.05) is 16.4 Å². The van der Waals surface area contributed by atoms with Gasteiger partial charge >= 0.3 is 0 Å². The zero-order chi connectivity index (χ0) is 26.5. The Kier molecular flexibility index (Phi) is 6.86. The molecular weight excluding hydrogens is 538 g/mol. The number of aromatic nitrogens is 2. The van der Waals surface area contributed by atoms with E-state index >= 15 is 0 Å². The fraction of sp³-hybridized carbons (Fsp3) is 0.320. The molecule has 8 nitrogen and oxygen atoms in total.